The number of esters is 1. The second-order valence-corrected chi connectivity index (χ2v) is 22.3. The quantitative estimate of drug-likeness (QED) is 0.0592. The van der Waals surface area contributed by atoms with E-state index >= 15 is 4.79 Å². The number of hydrogen-bond donors (Lipinski definition) is 2. The fourth-order valence-electron chi connectivity index (χ4n) is 11.9. The molecule has 22 nitrogen and oxygen atoms in total. The van der Waals surface area contributed by atoms with Crippen molar-refractivity contribution < 1.29 is 53.1 Å². The van der Waals surface area contributed by atoms with Gasteiger partial charge in [-0.15, -0.1) is 10.2 Å². The van der Waals surface area contributed by atoms with Gasteiger partial charge in [0.1, 0.15) is 29.6 Å². The maximum atomic E-state index is 15.0. The predicted molar refractivity (Wildman–Crippen MR) is 288 cm³/mol. The predicted octanol–water partition coefficient (Wildman–Crippen LogP) is 5.45. The minimum Gasteiger partial charge on any atom is -0.458 e. The maximum Gasteiger partial charge on any atom is 0.410 e. The van der Waals surface area contributed by atoms with E-state index in [-0.39, 0.29) is 37.9 Å². The van der Waals surface area contributed by atoms with Gasteiger partial charge < -0.3 is 48.3 Å². The van der Waals surface area contributed by atoms with Crippen LogP contribution in [-0.4, -0.2) is 169 Å². The van der Waals surface area contributed by atoms with Gasteiger partial charge in [-0.2, -0.15) is 0 Å². The third kappa shape index (κ3) is 13.2. The molecule has 0 bridgehead atoms. The van der Waals surface area contributed by atoms with Gasteiger partial charge in [0.2, 0.25) is 0 Å². The number of pyridine rings is 1. The summed E-state index contributed by atoms with van der Waals surface area (Å²) in [7, 11) is 3.42. The van der Waals surface area contributed by atoms with Gasteiger partial charge in [0.15, 0.2) is 17.7 Å². The van der Waals surface area contributed by atoms with Crippen molar-refractivity contribution in [3.8, 4) is 16.9 Å². The average molecular weight is 1090 g/mol. The Bertz CT molecular complexity index is 2840. The van der Waals surface area contributed by atoms with E-state index in [4.69, 9.17) is 23.7 Å². The molecule has 3 aliphatic heterocycles. The number of methoxy groups -OCH3 is 1. The number of rotatable bonds is 19. The lowest BCUT2D eigenvalue weighted by Crippen LogP contribution is -2.60. The molecule has 79 heavy (non-hydrogen) atoms. The van der Waals surface area contributed by atoms with Crippen molar-refractivity contribution in [2.75, 3.05) is 27.2 Å². The van der Waals surface area contributed by atoms with E-state index in [1.165, 1.54) is 14.0 Å². The molecule has 0 spiro atoms. The van der Waals surface area contributed by atoms with Gasteiger partial charge in [-0.25, -0.2) is 14.5 Å². The van der Waals surface area contributed by atoms with E-state index in [2.05, 4.69) is 35.5 Å². The first kappa shape index (κ1) is 58.8. The van der Waals surface area contributed by atoms with Gasteiger partial charge in [0.05, 0.1) is 60.1 Å². The van der Waals surface area contributed by atoms with Gasteiger partial charge in [-0.3, -0.25) is 24.0 Å². The standard InChI is InChI=1S/C57H79N11O11/c1-11-47-57(8)51(67(55(74)79-57)24-13-12-23-65-32-45(59-34-65)41-15-14-22-58-29-41)37(4)48(70)35(2)28-56(7,75-10)52(38(5)49(71)39(6)53(73)77-47)78-54-50(72)46(27-36(3)76-54)64(9)25-21-42-30-66(62-60-42)26-20-40-16-18-44(19-17-40)68-31-43(33-69)61-63-68/h14-19,22,29-32,34-39,46-47,50-52,54,69,72H,11-13,20-21,23-28,33H2,1-10H3/t35-,36-,37+,38+,39-,46+,47-,50-,51?,52-,54+,56-,57-/m1/s1. The van der Waals surface area contributed by atoms with Gasteiger partial charge >= 0.3 is 12.1 Å². The summed E-state index contributed by atoms with van der Waals surface area (Å²) in [5.74, 6) is -5.25. The minimum absolute atomic E-state index is 0.0840. The number of aromatic nitrogens is 9. The Hall–Kier alpha value is -6.30. The smallest absolute Gasteiger partial charge is 0.410 e. The zero-order valence-electron chi connectivity index (χ0n) is 47.3. The molecule has 5 aromatic rings. The van der Waals surface area contributed by atoms with E-state index in [0.29, 0.717) is 51.0 Å². The van der Waals surface area contributed by atoms with Crippen LogP contribution in [0.15, 0.2) is 73.7 Å². The second kappa shape index (κ2) is 25.4. The largest absolute Gasteiger partial charge is 0.458 e. The third-order valence-electron chi connectivity index (χ3n) is 16.6. The monoisotopic (exact) mass is 1090 g/mol. The van der Waals surface area contributed by atoms with Crippen LogP contribution in [0.3, 0.4) is 0 Å². The number of amides is 1. The average Bonchev–Trinajstić information content (AvgIpc) is 4.51. The number of ether oxygens (including phenoxy) is 5. The summed E-state index contributed by atoms with van der Waals surface area (Å²) in [4.78, 5) is 70.4. The molecule has 2 N–H and O–H groups in total. The number of unbranched alkanes of at least 4 members (excludes halogenated alkanes) is 1. The summed E-state index contributed by atoms with van der Waals surface area (Å²) in [5.41, 5.74) is 2.15. The molecule has 1 aromatic carbocycles. The van der Waals surface area contributed by atoms with Gasteiger partial charge in [0, 0.05) is 93.9 Å². The van der Waals surface area contributed by atoms with Gasteiger partial charge in [-0.1, -0.05) is 50.3 Å². The van der Waals surface area contributed by atoms with E-state index < -0.39 is 89.4 Å². The number of fused-ring (bicyclic) bond motifs is 1. The van der Waals surface area contributed by atoms with E-state index in [1.807, 2.05) is 85.9 Å². The van der Waals surface area contributed by atoms with Crippen molar-refractivity contribution in [3.63, 3.8) is 0 Å². The Balaban J connectivity index is 0.941. The molecule has 4 aromatic heterocycles. The molecule has 0 radical (unpaired) electrons. The summed E-state index contributed by atoms with van der Waals surface area (Å²) in [6.45, 7) is 15.8. The number of hydrogen-bond acceptors (Lipinski definition) is 18. The van der Waals surface area contributed by atoms with Crippen LogP contribution in [0.4, 0.5) is 4.79 Å². The fourth-order valence-corrected chi connectivity index (χ4v) is 11.9. The lowest BCUT2D eigenvalue weighted by Gasteiger charge is -2.47. The lowest BCUT2D eigenvalue weighted by atomic mass is 9.73. The van der Waals surface area contributed by atoms with Crippen molar-refractivity contribution in [1.29, 1.82) is 0 Å². The molecule has 13 atom stereocenters. The fraction of sp³-hybridized carbons (Fsp3) is 0.614. The second-order valence-electron chi connectivity index (χ2n) is 22.3. The highest BCUT2D eigenvalue weighted by atomic mass is 16.7. The number of carbonyl (C=O) groups is 4. The number of benzene rings is 1. The molecule has 1 unspecified atom stereocenters. The number of aryl methyl sites for hydroxylation is 3. The van der Waals surface area contributed by atoms with Crippen LogP contribution in [0.5, 0.6) is 0 Å². The Labute approximate surface area is 462 Å². The number of carbonyl (C=O) groups excluding carboxylic acids is 4. The van der Waals surface area contributed by atoms with Crippen LogP contribution >= 0.6 is 0 Å². The first-order valence-electron chi connectivity index (χ1n) is 27.7. The lowest BCUT2D eigenvalue weighted by molar-refractivity contribution is -0.296. The summed E-state index contributed by atoms with van der Waals surface area (Å²) >= 11 is 0. The topological polar surface area (TPSA) is 253 Å². The molecule has 7 heterocycles. The summed E-state index contributed by atoms with van der Waals surface area (Å²) in [6, 6.07) is 10.5. The highest BCUT2D eigenvalue weighted by Crippen LogP contribution is 2.43. The zero-order valence-corrected chi connectivity index (χ0v) is 47.3. The number of ketones is 2. The first-order chi connectivity index (χ1) is 37.8. The summed E-state index contributed by atoms with van der Waals surface area (Å²) in [6.07, 6.45) is 8.65. The molecule has 22 heteroatoms. The Morgan fingerprint density at radius 1 is 0.886 bits per heavy atom. The van der Waals surface area contributed by atoms with Crippen molar-refractivity contribution in [2.24, 2.45) is 23.7 Å². The van der Waals surface area contributed by atoms with Crippen LogP contribution in [0, 0.1) is 23.7 Å². The van der Waals surface area contributed by atoms with Crippen LogP contribution < -0.4 is 0 Å². The Morgan fingerprint density at radius 2 is 1.63 bits per heavy atom. The number of aliphatic hydroxyl groups is 2. The van der Waals surface area contributed by atoms with Crippen molar-refractivity contribution in [3.05, 3.63) is 90.7 Å². The normalized spacial score (nSPS) is 30.1. The molecule has 0 saturated carbocycles. The molecular formula is C57H79N11O11. The molecule has 3 saturated heterocycles. The van der Waals surface area contributed by atoms with Gasteiger partial charge in [-0.05, 0) is 103 Å². The Morgan fingerprint density at radius 3 is 2.33 bits per heavy atom. The number of imidazole rings is 1. The number of likely N-dealkylation sites (N-methyl/N-ethyl adjacent to an activating group) is 1. The highest BCUT2D eigenvalue weighted by Gasteiger charge is 2.60. The first-order valence-corrected chi connectivity index (χ1v) is 27.7. The molecule has 3 fully saturated rings. The maximum absolute atomic E-state index is 15.0. The van der Waals surface area contributed by atoms with Crippen molar-refractivity contribution >= 4 is 23.6 Å². The van der Waals surface area contributed by atoms with E-state index in [0.717, 1.165) is 34.6 Å². The van der Waals surface area contributed by atoms with Crippen molar-refractivity contribution in [2.45, 2.75) is 174 Å². The van der Waals surface area contributed by atoms with E-state index in [1.54, 1.807) is 62.2 Å². The Kier molecular flexibility index (Phi) is 18.9. The minimum atomic E-state index is -1.44. The SMILES string of the molecule is CC[C@H]1OC(=O)[C@H](C)C(=O)[C@H](C)[C@@H](O[C@@H]2O[C@H](C)C[C@H](N(C)CCc3cn(CCc4ccc(-n5cc(CO)nn5)cc4)nn3)[C@H]2O)[C@](C)(OC)C[C@@H](C)C(=O)[C@H](C)C2N(CCCCn3cnc(-c4cccnc4)c3)C(=O)O[C@@]21C. The van der Waals surface area contributed by atoms with Crippen LogP contribution in [0.25, 0.3) is 16.9 Å². The van der Waals surface area contributed by atoms with Crippen LogP contribution in [0.2, 0.25) is 0 Å². The zero-order chi connectivity index (χ0) is 56.8. The molecule has 3 aliphatic rings. The summed E-state index contributed by atoms with van der Waals surface area (Å²) < 4.78 is 37.4. The molecular weight excluding hydrogens is 1010 g/mol. The number of cyclic esters (lactones) is 1. The molecule has 1 amide bonds. The van der Waals surface area contributed by atoms with E-state index in [9.17, 15) is 24.6 Å². The summed E-state index contributed by atoms with van der Waals surface area (Å²) in [5, 5.41) is 38.3. The van der Waals surface area contributed by atoms with Crippen LogP contribution in [-0.2, 0) is 70.6 Å². The molecule has 0 aliphatic carbocycles. The number of Topliss-reactive ketones (excluding diaryl/α,β-unsaturated/α-hetero) is 2. The number of nitrogens with zero attached hydrogens (tertiary/aromatic N) is 11. The molecule has 8 rings (SSSR count). The number of aliphatic hydroxyl groups excluding tert-OH is 2. The molecule has 428 valence electrons. The van der Waals surface area contributed by atoms with Crippen molar-refractivity contribution in [1.82, 2.24) is 54.3 Å². The highest BCUT2D eigenvalue weighted by molar-refractivity contribution is 6.00. The van der Waals surface area contributed by atoms with Crippen LogP contribution in [0.1, 0.15) is 104 Å². The van der Waals surface area contributed by atoms with Gasteiger partial charge in [0.25, 0.3) is 0 Å². The third-order valence-corrected chi connectivity index (χ3v) is 16.6.